The Morgan fingerprint density at radius 3 is 2.50 bits per heavy atom. The molecule has 0 bridgehead atoms. The maximum Gasteiger partial charge on any atom is 0.408 e. The van der Waals surface area contributed by atoms with Crippen LogP contribution in [-0.4, -0.2) is 25.1 Å². The largest absolute Gasteiger partial charge is 0.496 e. The predicted molar refractivity (Wildman–Crippen MR) is 75.9 cm³/mol. The van der Waals surface area contributed by atoms with Crippen molar-refractivity contribution in [3.8, 4) is 5.75 Å². The van der Waals surface area contributed by atoms with Crippen molar-refractivity contribution < 1.29 is 19.1 Å². The van der Waals surface area contributed by atoms with Crippen molar-refractivity contribution in [2.24, 2.45) is 0 Å². The van der Waals surface area contributed by atoms with E-state index >= 15 is 0 Å². The molecule has 0 saturated carbocycles. The average Bonchev–Trinajstić information content (AvgIpc) is 2.34. The molecule has 1 unspecified atom stereocenters. The van der Waals surface area contributed by atoms with E-state index in [-0.39, 0.29) is 0 Å². The minimum Gasteiger partial charge on any atom is -0.496 e. The van der Waals surface area contributed by atoms with Gasteiger partial charge in [0.25, 0.3) is 0 Å². The van der Waals surface area contributed by atoms with Gasteiger partial charge in [-0.25, -0.2) is 4.79 Å². The van der Waals surface area contributed by atoms with E-state index in [0.717, 1.165) is 5.56 Å². The number of nitrogens with one attached hydrogen (secondary N) is 1. The summed E-state index contributed by atoms with van der Waals surface area (Å²) < 4.78 is 10.4. The Bertz CT molecular complexity index is 491. The number of ether oxygens (including phenoxy) is 2. The third kappa shape index (κ3) is 4.57. The predicted octanol–water partition coefficient (Wildman–Crippen LogP) is 2.77. The van der Waals surface area contributed by atoms with Crippen LogP contribution in [0.25, 0.3) is 0 Å². The lowest BCUT2D eigenvalue weighted by Gasteiger charge is -2.22. The van der Waals surface area contributed by atoms with E-state index in [9.17, 15) is 9.59 Å². The third-order valence-corrected chi connectivity index (χ3v) is 2.53. The Kier molecular flexibility index (Phi) is 5.13. The van der Waals surface area contributed by atoms with E-state index in [0.29, 0.717) is 17.6 Å². The quantitative estimate of drug-likeness (QED) is 0.861. The van der Waals surface area contributed by atoms with Crippen LogP contribution in [0.3, 0.4) is 0 Å². The van der Waals surface area contributed by atoms with Crippen molar-refractivity contribution in [1.29, 1.82) is 0 Å². The van der Waals surface area contributed by atoms with E-state index in [2.05, 4.69) is 5.32 Å². The molecule has 1 N–H and O–H groups in total. The monoisotopic (exact) mass is 279 g/mol. The molecule has 0 heterocycles. The first-order chi connectivity index (χ1) is 9.26. The van der Waals surface area contributed by atoms with Crippen LogP contribution >= 0.6 is 0 Å². The van der Waals surface area contributed by atoms with Crippen LogP contribution in [0.15, 0.2) is 18.2 Å². The fourth-order valence-electron chi connectivity index (χ4n) is 1.69. The second-order valence-electron chi connectivity index (χ2n) is 5.51. The van der Waals surface area contributed by atoms with Crippen LogP contribution in [-0.2, 0) is 9.53 Å². The summed E-state index contributed by atoms with van der Waals surface area (Å²) in [5.74, 6) is 0.554. The summed E-state index contributed by atoms with van der Waals surface area (Å²) in [5, 5.41) is 2.52. The molecule has 0 saturated heterocycles. The summed E-state index contributed by atoms with van der Waals surface area (Å²) >= 11 is 0. The van der Waals surface area contributed by atoms with Crippen LogP contribution in [0.2, 0.25) is 0 Å². The first-order valence-corrected chi connectivity index (χ1v) is 6.36. The molecule has 0 aromatic heterocycles. The molecule has 0 fully saturated rings. The number of carbonyl (C=O) groups is 2. The van der Waals surface area contributed by atoms with Crippen molar-refractivity contribution in [1.82, 2.24) is 5.32 Å². The normalized spacial score (nSPS) is 12.4. The lowest BCUT2D eigenvalue weighted by Crippen LogP contribution is -2.35. The second kappa shape index (κ2) is 6.41. The van der Waals surface area contributed by atoms with Gasteiger partial charge in [0.1, 0.15) is 23.7 Å². The number of benzene rings is 1. The molecule has 1 aromatic rings. The molecule has 1 atom stereocenters. The molecule has 1 rings (SSSR count). The number of carbonyl (C=O) groups excluding carboxylic acids is 2. The minimum absolute atomic E-state index is 0.554. The van der Waals surface area contributed by atoms with E-state index < -0.39 is 17.7 Å². The average molecular weight is 279 g/mol. The molecule has 110 valence electrons. The van der Waals surface area contributed by atoms with E-state index in [1.165, 1.54) is 7.11 Å². The first-order valence-electron chi connectivity index (χ1n) is 6.36. The molecule has 0 spiro atoms. The Balaban J connectivity index is 2.91. The van der Waals surface area contributed by atoms with Crippen LogP contribution in [0.4, 0.5) is 4.79 Å². The Morgan fingerprint density at radius 2 is 2.00 bits per heavy atom. The van der Waals surface area contributed by atoms with Gasteiger partial charge in [0, 0.05) is 5.56 Å². The molecule has 5 heteroatoms. The Labute approximate surface area is 119 Å². The van der Waals surface area contributed by atoms with Gasteiger partial charge >= 0.3 is 6.09 Å². The highest BCUT2D eigenvalue weighted by atomic mass is 16.6. The number of aldehydes is 1. The zero-order valence-electron chi connectivity index (χ0n) is 12.5. The number of alkyl carbamates (subject to hydrolysis) is 1. The first kappa shape index (κ1) is 16.0. The minimum atomic E-state index is -0.805. The lowest BCUT2D eigenvalue weighted by molar-refractivity contribution is -0.109. The lowest BCUT2D eigenvalue weighted by atomic mass is 10.0. The molecule has 1 aromatic carbocycles. The van der Waals surface area contributed by atoms with Gasteiger partial charge in [-0.1, -0.05) is 12.1 Å². The molecule has 1 amide bonds. The van der Waals surface area contributed by atoms with Gasteiger partial charge in [0.2, 0.25) is 0 Å². The van der Waals surface area contributed by atoms with Gasteiger partial charge in [-0.05, 0) is 39.3 Å². The summed E-state index contributed by atoms with van der Waals surface area (Å²) in [6.45, 7) is 7.20. The van der Waals surface area contributed by atoms with E-state index in [4.69, 9.17) is 9.47 Å². The molecule has 0 radical (unpaired) electrons. The van der Waals surface area contributed by atoms with Gasteiger partial charge in [-0.15, -0.1) is 0 Å². The van der Waals surface area contributed by atoms with Gasteiger partial charge in [-0.3, -0.25) is 0 Å². The Morgan fingerprint density at radius 1 is 1.35 bits per heavy atom. The highest BCUT2D eigenvalue weighted by molar-refractivity contribution is 5.75. The smallest absolute Gasteiger partial charge is 0.408 e. The summed E-state index contributed by atoms with van der Waals surface area (Å²) in [6, 6.07) is 4.61. The topological polar surface area (TPSA) is 64.6 Å². The van der Waals surface area contributed by atoms with Crippen molar-refractivity contribution >= 4 is 12.4 Å². The molecule has 20 heavy (non-hydrogen) atoms. The molecule has 5 nitrogen and oxygen atoms in total. The van der Waals surface area contributed by atoms with Gasteiger partial charge < -0.3 is 19.6 Å². The van der Waals surface area contributed by atoms with Gasteiger partial charge in [0.15, 0.2) is 0 Å². The standard InChI is InChI=1S/C15H21NO4/c1-10-6-7-11(13(8-10)19-5)12(9-17)16-14(18)20-15(2,3)4/h6-9,12H,1-5H3,(H,16,18). The number of hydrogen-bond donors (Lipinski definition) is 1. The molecular formula is C15H21NO4. The van der Waals surface area contributed by atoms with Crippen LogP contribution in [0.5, 0.6) is 5.75 Å². The zero-order chi connectivity index (χ0) is 15.3. The fraction of sp³-hybridized carbons (Fsp3) is 0.467. The van der Waals surface area contributed by atoms with Crippen molar-refractivity contribution in [3.63, 3.8) is 0 Å². The highest BCUT2D eigenvalue weighted by Gasteiger charge is 2.22. The number of methoxy groups -OCH3 is 1. The van der Waals surface area contributed by atoms with Crippen molar-refractivity contribution in [2.45, 2.75) is 39.3 Å². The highest BCUT2D eigenvalue weighted by Crippen LogP contribution is 2.25. The number of aryl methyl sites for hydroxylation is 1. The van der Waals surface area contributed by atoms with Crippen LogP contribution < -0.4 is 10.1 Å². The molecule has 0 aliphatic carbocycles. The molecule has 0 aliphatic heterocycles. The van der Waals surface area contributed by atoms with Gasteiger partial charge in [-0.2, -0.15) is 0 Å². The number of amides is 1. The molecular weight excluding hydrogens is 258 g/mol. The Hall–Kier alpha value is -2.04. The summed E-state index contributed by atoms with van der Waals surface area (Å²) in [7, 11) is 1.52. The maximum absolute atomic E-state index is 11.7. The van der Waals surface area contributed by atoms with Crippen molar-refractivity contribution in [3.05, 3.63) is 29.3 Å². The zero-order valence-corrected chi connectivity index (χ0v) is 12.5. The van der Waals surface area contributed by atoms with Gasteiger partial charge in [0.05, 0.1) is 7.11 Å². The summed E-state index contributed by atoms with van der Waals surface area (Å²) in [4.78, 5) is 23.0. The van der Waals surface area contributed by atoms with E-state index in [1.807, 2.05) is 19.1 Å². The third-order valence-electron chi connectivity index (χ3n) is 2.53. The molecule has 0 aliphatic rings. The number of hydrogen-bond acceptors (Lipinski definition) is 4. The second-order valence-corrected chi connectivity index (χ2v) is 5.51. The van der Waals surface area contributed by atoms with Crippen LogP contribution in [0, 0.1) is 6.92 Å². The summed E-state index contributed by atoms with van der Waals surface area (Å²) in [6.07, 6.45) is 0.00845. The maximum atomic E-state index is 11.7. The number of rotatable bonds is 4. The van der Waals surface area contributed by atoms with Crippen LogP contribution in [0.1, 0.15) is 37.9 Å². The summed E-state index contributed by atoms with van der Waals surface area (Å²) in [5.41, 5.74) is 0.987. The van der Waals surface area contributed by atoms with Crippen molar-refractivity contribution in [2.75, 3.05) is 7.11 Å². The fourth-order valence-corrected chi connectivity index (χ4v) is 1.69. The SMILES string of the molecule is COc1cc(C)ccc1C(C=O)NC(=O)OC(C)(C)C. The van der Waals surface area contributed by atoms with E-state index in [1.54, 1.807) is 26.8 Å².